The molecule has 2 aliphatic rings. The number of nitrogens with one attached hydrogen (secondary N) is 1. The van der Waals surface area contributed by atoms with Crippen molar-refractivity contribution >= 4 is 29.2 Å². The maximum Gasteiger partial charge on any atom is 0.248 e. The van der Waals surface area contributed by atoms with E-state index in [2.05, 4.69) is 15.2 Å². The van der Waals surface area contributed by atoms with Gasteiger partial charge >= 0.3 is 0 Å². The summed E-state index contributed by atoms with van der Waals surface area (Å²) in [5.41, 5.74) is 1.43. The maximum atomic E-state index is 11.9. The fourth-order valence-electron chi connectivity index (χ4n) is 2.20. The lowest BCUT2D eigenvalue weighted by molar-refractivity contribution is -0.117. The van der Waals surface area contributed by atoms with Gasteiger partial charge in [-0.2, -0.15) is 11.8 Å². The van der Waals surface area contributed by atoms with Gasteiger partial charge in [-0.3, -0.25) is 4.79 Å². The molecule has 3 heterocycles. The van der Waals surface area contributed by atoms with Crippen LogP contribution in [0.4, 0.5) is 11.5 Å². The zero-order chi connectivity index (χ0) is 11.8. The summed E-state index contributed by atoms with van der Waals surface area (Å²) >= 11 is 1.80. The standard InChI is InChI=1S/C11H13N3O2S/c15-5-7-3-8-10(12-4-7)14-1-2-17-6-9(14)11(16)13-8/h3-4,9,15H,1-2,5-6H2,(H,13,16). The summed E-state index contributed by atoms with van der Waals surface area (Å²) in [7, 11) is 0. The van der Waals surface area contributed by atoms with Crippen LogP contribution in [0.2, 0.25) is 0 Å². The van der Waals surface area contributed by atoms with Crippen LogP contribution < -0.4 is 10.2 Å². The predicted octanol–water partition coefficient (Wildman–Crippen LogP) is 0.448. The number of rotatable bonds is 1. The lowest BCUT2D eigenvalue weighted by atomic mass is 10.1. The molecule has 0 aromatic carbocycles. The van der Waals surface area contributed by atoms with Crippen molar-refractivity contribution in [2.45, 2.75) is 12.6 Å². The van der Waals surface area contributed by atoms with Crippen molar-refractivity contribution in [1.82, 2.24) is 4.98 Å². The predicted molar refractivity (Wildman–Crippen MR) is 67.2 cm³/mol. The Morgan fingerprint density at radius 3 is 3.35 bits per heavy atom. The van der Waals surface area contributed by atoms with Crippen LogP contribution in [-0.2, 0) is 11.4 Å². The van der Waals surface area contributed by atoms with Gasteiger partial charge in [-0.1, -0.05) is 0 Å². The second-order valence-corrected chi connectivity index (χ2v) is 5.30. The molecule has 0 bridgehead atoms. The van der Waals surface area contributed by atoms with Gasteiger partial charge in [0.25, 0.3) is 0 Å². The fraction of sp³-hybridized carbons (Fsp3) is 0.455. The van der Waals surface area contributed by atoms with Gasteiger partial charge in [0.15, 0.2) is 5.82 Å². The molecule has 17 heavy (non-hydrogen) atoms. The topological polar surface area (TPSA) is 65.5 Å². The molecule has 1 fully saturated rings. The highest BCUT2D eigenvalue weighted by Gasteiger charge is 2.35. The van der Waals surface area contributed by atoms with Crippen LogP contribution in [0.1, 0.15) is 5.56 Å². The quantitative estimate of drug-likeness (QED) is 0.758. The minimum Gasteiger partial charge on any atom is -0.392 e. The number of amides is 1. The lowest BCUT2D eigenvalue weighted by Crippen LogP contribution is -2.53. The summed E-state index contributed by atoms with van der Waals surface area (Å²) in [5, 5.41) is 11.9. The summed E-state index contributed by atoms with van der Waals surface area (Å²) < 4.78 is 0. The molecule has 1 aromatic rings. The van der Waals surface area contributed by atoms with Crippen molar-refractivity contribution < 1.29 is 9.90 Å². The lowest BCUT2D eigenvalue weighted by Gasteiger charge is -2.39. The molecule has 1 saturated heterocycles. The number of carbonyl (C=O) groups excluding carboxylic acids is 1. The average Bonchev–Trinajstić information content (AvgIpc) is 2.38. The zero-order valence-electron chi connectivity index (χ0n) is 9.22. The van der Waals surface area contributed by atoms with Crippen LogP contribution in [0.5, 0.6) is 0 Å². The van der Waals surface area contributed by atoms with E-state index in [1.54, 1.807) is 24.0 Å². The molecule has 90 valence electrons. The minimum absolute atomic E-state index is 0.0292. The van der Waals surface area contributed by atoms with Crippen molar-refractivity contribution in [3.05, 3.63) is 17.8 Å². The number of hydrogen-bond donors (Lipinski definition) is 2. The Labute approximate surface area is 103 Å². The Balaban J connectivity index is 2.02. The number of nitrogens with zero attached hydrogens (tertiary/aromatic N) is 2. The first kappa shape index (κ1) is 10.9. The van der Waals surface area contributed by atoms with Gasteiger partial charge in [-0.25, -0.2) is 4.98 Å². The monoisotopic (exact) mass is 251 g/mol. The van der Waals surface area contributed by atoms with Crippen molar-refractivity contribution in [3.63, 3.8) is 0 Å². The number of hydrogen-bond acceptors (Lipinski definition) is 5. The summed E-state index contributed by atoms with van der Waals surface area (Å²) in [6, 6.07) is 1.69. The number of aliphatic hydroxyl groups excluding tert-OH is 1. The van der Waals surface area contributed by atoms with Crippen LogP contribution in [0, 0.1) is 0 Å². The molecule has 2 N–H and O–H groups in total. The minimum atomic E-state index is -0.103. The third kappa shape index (κ3) is 1.77. The van der Waals surface area contributed by atoms with E-state index in [0.29, 0.717) is 11.3 Å². The van der Waals surface area contributed by atoms with Gasteiger partial charge in [0.2, 0.25) is 5.91 Å². The summed E-state index contributed by atoms with van der Waals surface area (Å²) in [5.74, 6) is 2.69. The molecule has 1 atom stereocenters. The molecule has 0 spiro atoms. The van der Waals surface area contributed by atoms with Crippen LogP contribution in [0.3, 0.4) is 0 Å². The van der Waals surface area contributed by atoms with E-state index in [1.165, 1.54) is 0 Å². The van der Waals surface area contributed by atoms with E-state index in [1.807, 2.05) is 0 Å². The Hall–Kier alpha value is -1.27. The highest BCUT2D eigenvalue weighted by atomic mass is 32.2. The summed E-state index contributed by atoms with van der Waals surface area (Å²) in [6.07, 6.45) is 1.66. The van der Waals surface area contributed by atoms with Crippen LogP contribution in [-0.4, -0.2) is 40.1 Å². The molecular weight excluding hydrogens is 238 g/mol. The van der Waals surface area contributed by atoms with Crippen molar-refractivity contribution in [2.75, 3.05) is 28.3 Å². The zero-order valence-corrected chi connectivity index (χ0v) is 10.0. The number of fused-ring (bicyclic) bond motifs is 3. The second kappa shape index (κ2) is 4.19. The largest absolute Gasteiger partial charge is 0.392 e. The van der Waals surface area contributed by atoms with E-state index >= 15 is 0 Å². The first-order valence-electron chi connectivity index (χ1n) is 5.54. The van der Waals surface area contributed by atoms with E-state index < -0.39 is 0 Å². The van der Waals surface area contributed by atoms with E-state index in [-0.39, 0.29) is 18.6 Å². The third-order valence-corrected chi connectivity index (χ3v) is 4.09. The number of aromatic nitrogens is 1. The maximum absolute atomic E-state index is 11.9. The first-order valence-corrected chi connectivity index (χ1v) is 6.70. The van der Waals surface area contributed by atoms with Crippen LogP contribution in [0.15, 0.2) is 12.3 Å². The van der Waals surface area contributed by atoms with Crippen LogP contribution in [0.25, 0.3) is 0 Å². The Kier molecular flexibility index (Phi) is 2.68. The molecule has 3 rings (SSSR count). The van der Waals surface area contributed by atoms with Crippen molar-refractivity contribution in [2.24, 2.45) is 0 Å². The normalized spacial score (nSPS) is 22.8. The van der Waals surface area contributed by atoms with Crippen molar-refractivity contribution in [3.8, 4) is 0 Å². The molecule has 1 unspecified atom stereocenters. The number of thioether (sulfide) groups is 1. The SMILES string of the molecule is O=C1Nc2cc(CO)cnc2N2CCSCC12. The fourth-order valence-corrected chi connectivity index (χ4v) is 3.25. The smallest absolute Gasteiger partial charge is 0.248 e. The molecule has 0 aliphatic carbocycles. The Bertz CT molecular complexity index is 466. The number of anilines is 2. The van der Waals surface area contributed by atoms with Crippen LogP contribution >= 0.6 is 11.8 Å². The number of aliphatic hydroxyl groups is 1. The number of carbonyl (C=O) groups is 1. The molecule has 0 saturated carbocycles. The molecule has 0 radical (unpaired) electrons. The second-order valence-electron chi connectivity index (χ2n) is 4.15. The Morgan fingerprint density at radius 2 is 2.53 bits per heavy atom. The van der Waals surface area contributed by atoms with Crippen molar-refractivity contribution in [1.29, 1.82) is 0 Å². The van der Waals surface area contributed by atoms with E-state index in [0.717, 1.165) is 23.9 Å². The van der Waals surface area contributed by atoms with E-state index in [4.69, 9.17) is 5.11 Å². The van der Waals surface area contributed by atoms with E-state index in [9.17, 15) is 4.79 Å². The molecule has 1 amide bonds. The summed E-state index contributed by atoms with van der Waals surface area (Å²) in [6.45, 7) is 0.788. The van der Waals surface area contributed by atoms with Gasteiger partial charge in [0, 0.05) is 24.2 Å². The van der Waals surface area contributed by atoms with Gasteiger partial charge in [-0.05, 0) is 11.6 Å². The highest BCUT2D eigenvalue weighted by Crippen LogP contribution is 2.33. The summed E-state index contributed by atoms with van der Waals surface area (Å²) in [4.78, 5) is 18.3. The molecule has 6 heteroatoms. The third-order valence-electron chi connectivity index (χ3n) is 3.07. The molecule has 5 nitrogen and oxygen atoms in total. The van der Waals surface area contributed by atoms with Gasteiger partial charge in [-0.15, -0.1) is 0 Å². The van der Waals surface area contributed by atoms with Gasteiger partial charge in [0.05, 0.1) is 12.3 Å². The van der Waals surface area contributed by atoms with Gasteiger partial charge in [0.1, 0.15) is 6.04 Å². The highest BCUT2D eigenvalue weighted by molar-refractivity contribution is 7.99. The number of pyridine rings is 1. The molecular formula is C11H13N3O2S. The Morgan fingerprint density at radius 1 is 1.65 bits per heavy atom. The van der Waals surface area contributed by atoms with Gasteiger partial charge < -0.3 is 15.3 Å². The molecule has 2 aliphatic heterocycles. The average molecular weight is 251 g/mol. The first-order chi connectivity index (χ1) is 8.29. The molecule has 1 aromatic heterocycles.